The minimum atomic E-state index is -0.482. The van der Waals surface area contributed by atoms with Gasteiger partial charge in [0, 0.05) is 11.6 Å². The van der Waals surface area contributed by atoms with Gasteiger partial charge < -0.3 is 15.1 Å². The Morgan fingerprint density at radius 2 is 2.25 bits per heavy atom. The molecule has 0 saturated heterocycles. The van der Waals surface area contributed by atoms with Crippen LogP contribution in [0.15, 0.2) is 23.3 Å². The summed E-state index contributed by atoms with van der Waals surface area (Å²) in [5.74, 6) is -0.0464. The lowest BCUT2D eigenvalue weighted by atomic mass is 10.2. The van der Waals surface area contributed by atoms with Crippen molar-refractivity contribution in [2.75, 3.05) is 7.11 Å². The van der Waals surface area contributed by atoms with Gasteiger partial charge in [0.05, 0.1) is 13.3 Å². The predicted octanol–water partition coefficient (Wildman–Crippen LogP) is -0.482. The SMILES string of the molecule is COc1ccc(C=N[N+]([O-])=C(N)N)c(O)c1. The topological polar surface area (TPSA) is 120 Å². The van der Waals surface area contributed by atoms with E-state index in [9.17, 15) is 10.3 Å². The molecule has 0 aliphatic carbocycles. The van der Waals surface area contributed by atoms with E-state index in [4.69, 9.17) is 16.2 Å². The van der Waals surface area contributed by atoms with Gasteiger partial charge in [0.15, 0.2) is 0 Å². The van der Waals surface area contributed by atoms with E-state index in [1.807, 2.05) is 0 Å². The average Bonchev–Trinajstić information content (AvgIpc) is 2.26. The second kappa shape index (κ2) is 4.87. The van der Waals surface area contributed by atoms with Crippen molar-refractivity contribution in [3.63, 3.8) is 0 Å². The van der Waals surface area contributed by atoms with Gasteiger partial charge in [-0.1, -0.05) is 0 Å². The Kier molecular flexibility index (Phi) is 3.54. The zero-order valence-electron chi connectivity index (χ0n) is 8.62. The van der Waals surface area contributed by atoms with Crippen molar-refractivity contribution in [3.05, 3.63) is 29.0 Å². The maximum Gasteiger partial charge on any atom is 0.366 e. The molecule has 0 unspecified atom stereocenters. The van der Waals surface area contributed by atoms with Gasteiger partial charge in [-0.25, -0.2) is 0 Å². The van der Waals surface area contributed by atoms with Crippen LogP contribution in [0.5, 0.6) is 11.5 Å². The van der Waals surface area contributed by atoms with Gasteiger partial charge in [-0.3, -0.25) is 11.5 Å². The van der Waals surface area contributed by atoms with Crippen LogP contribution < -0.4 is 16.2 Å². The van der Waals surface area contributed by atoms with Crippen molar-refractivity contribution >= 4 is 12.2 Å². The molecule has 0 saturated carbocycles. The van der Waals surface area contributed by atoms with Crippen LogP contribution in [0.25, 0.3) is 0 Å². The third-order valence-electron chi connectivity index (χ3n) is 1.76. The van der Waals surface area contributed by atoms with Crippen LogP contribution >= 0.6 is 0 Å². The summed E-state index contributed by atoms with van der Waals surface area (Å²) in [4.78, 5) is 0.0453. The summed E-state index contributed by atoms with van der Waals surface area (Å²) in [7, 11) is 1.48. The first-order valence-electron chi connectivity index (χ1n) is 4.30. The average molecular weight is 224 g/mol. The minimum absolute atomic E-state index is 0.0453. The van der Waals surface area contributed by atoms with E-state index in [1.54, 1.807) is 6.07 Å². The van der Waals surface area contributed by atoms with Gasteiger partial charge in [0.2, 0.25) is 0 Å². The van der Waals surface area contributed by atoms with E-state index in [0.29, 0.717) is 11.3 Å². The number of methoxy groups -OCH3 is 1. The van der Waals surface area contributed by atoms with Crippen molar-refractivity contribution in [3.8, 4) is 11.5 Å². The molecular formula is C9H12N4O3. The predicted molar refractivity (Wildman–Crippen MR) is 59.3 cm³/mol. The minimum Gasteiger partial charge on any atom is -0.722 e. The molecule has 1 aromatic carbocycles. The zero-order chi connectivity index (χ0) is 12.1. The number of rotatable bonds is 3. The number of hydrazone groups is 1. The molecule has 0 aliphatic rings. The summed E-state index contributed by atoms with van der Waals surface area (Å²) in [6.07, 6.45) is 1.14. The first-order chi connectivity index (χ1) is 7.54. The van der Waals surface area contributed by atoms with Crippen LogP contribution in [0, 0.1) is 5.21 Å². The standard InChI is InChI=1S/C9H12N4O3/c1-16-7-3-2-6(8(14)4-7)5-12-13(15)9(10)11/h2-5,14H,10-11H2,1H3. The number of nitrogens with zero attached hydrogens (tertiary/aromatic N) is 2. The summed E-state index contributed by atoms with van der Waals surface area (Å²) in [5, 5.41) is 23.8. The number of benzene rings is 1. The van der Waals surface area contributed by atoms with Gasteiger partial charge >= 0.3 is 5.96 Å². The number of nitrogens with two attached hydrogens (primary N) is 2. The molecule has 1 aromatic rings. The Bertz CT molecular complexity index is 438. The number of phenols is 1. The lowest BCUT2D eigenvalue weighted by Gasteiger charge is -2.04. The highest BCUT2D eigenvalue weighted by molar-refractivity contribution is 5.83. The Morgan fingerprint density at radius 3 is 2.75 bits per heavy atom. The largest absolute Gasteiger partial charge is 0.722 e. The van der Waals surface area contributed by atoms with E-state index in [-0.39, 0.29) is 10.6 Å². The van der Waals surface area contributed by atoms with Crippen LogP contribution in [0.4, 0.5) is 0 Å². The van der Waals surface area contributed by atoms with E-state index < -0.39 is 5.96 Å². The summed E-state index contributed by atoms with van der Waals surface area (Å²) in [6.45, 7) is 0. The quantitative estimate of drug-likeness (QED) is 0.210. The molecule has 0 radical (unpaired) electrons. The number of phenolic OH excluding ortho intramolecular Hbond substituents is 1. The van der Waals surface area contributed by atoms with Crippen molar-refractivity contribution in [2.45, 2.75) is 0 Å². The normalized spacial score (nSPS) is 10.3. The van der Waals surface area contributed by atoms with Gasteiger partial charge in [-0.05, 0) is 12.1 Å². The molecule has 7 heteroatoms. The maximum absolute atomic E-state index is 10.9. The summed E-state index contributed by atoms with van der Waals surface area (Å²) < 4.78 is 4.89. The molecule has 7 nitrogen and oxygen atoms in total. The zero-order valence-corrected chi connectivity index (χ0v) is 8.62. The third-order valence-corrected chi connectivity index (χ3v) is 1.76. The highest BCUT2D eigenvalue weighted by Gasteiger charge is 2.00. The fraction of sp³-hybridized carbons (Fsp3) is 0.111. The lowest BCUT2D eigenvalue weighted by molar-refractivity contribution is -0.463. The van der Waals surface area contributed by atoms with Crippen molar-refractivity contribution in [1.82, 2.24) is 0 Å². The molecule has 0 aliphatic heterocycles. The van der Waals surface area contributed by atoms with E-state index >= 15 is 0 Å². The van der Waals surface area contributed by atoms with Crippen molar-refractivity contribution in [2.24, 2.45) is 16.6 Å². The fourth-order valence-electron chi connectivity index (χ4n) is 0.941. The molecule has 0 bridgehead atoms. The first kappa shape index (κ1) is 11.6. The second-order valence-electron chi connectivity index (χ2n) is 2.87. The van der Waals surface area contributed by atoms with Crippen LogP contribution in [-0.4, -0.2) is 29.2 Å². The third kappa shape index (κ3) is 2.77. The molecule has 0 atom stereocenters. The maximum atomic E-state index is 10.9. The molecule has 1 rings (SSSR count). The molecule has 0 spiro atoms. The molecule has 0 heterocycles. The molecule has 0 amide bonds. The van der Waals surface area contributed by atoms with Crippen LogP contribution in [0.1, 0.15) is 5.56 Å². The van der Waals surface area contributed by atoms with E-state index in [1.165, 1.54) is 19.2 Å². The fourth-order valence-corrected chi connectivity index (χ4v) is 0.941. The Hall–Kier alpha value is -2.44. The van der Waals surface area contributed by atoms with Crippen LogP contribution in [0.3, 0.4) is 0 Å². The van der Waals surface area contributed by atoms with E-state index in [0.717, 1.165) is 6.21 Å². The highest BCUT2D eigenvalue weighted by atomic mass is 16.5. The number of ether oxygens (including phenoxy) is 1. The number of hydrogen-bond acceptors (Lipinski definition) is 4. The molecule has 5 N–H and O–H groups in total. The highest BCUT2D eigenvalue weighted by Crippen LogP contribution is 2.21. The summed E-state index contributed by atoms with van der Waals surface area (Å²) in [5.41, 5.74) is 10.3. The number of hydrogen-bond donors (Lipinski definition) is 3. The van der Waals surface area contributed by atoms with Crippen LogP contribution in [-0.2, 0) is 0 Å². The molecular weight excluding hydrogens is 212 g/mol. The van der Waals surface area contributed by atoms with Crippen molar-refractivity contribution < 1.29 is 14.7 Å². The smallest absolute Gasteiger partial charge is 0.366 e. The van der Waals surface area contributed by atoms with Gasteiger partial charge in [0.1, 0.15) is 11.5 Å². The first-order valence-corrected chi connectivity index (χ1v) is 4.30. The van der Waals surface area contributed by atoms with Crippen LogP contribution in [0.2, 0.25) is 0 Å². The Labute approximate surface area is 91.8 Å². The summed E-state index contributed by atoms with van der Waals surface area (Å²) >= 11 is 0. The van der Waals surface area contributed by atoms with Gasteiger partial charge in [-0.15, -0.1) is 9.95 Å². The molecule has 0 aromatic heterocycles. The number of guanidine groups is 1. The number of aromatic hydroxyl groups is 1. The summed E-state index contributed by atoms with van der Waals surface area (Å²) in [6, 6.07) is 4.55. The van der Waals surface area contributed by atoms with Crippen molar-refractivity contribution in [1.29, 1.82) is 0 Å². The Morgan fingerprint density at radius 1 is 1.56 bits per heavy atom. The monoisotopic (exact) mass is 224 g/mol. The van der Waals surface area contributed by atoms with Gasteiger partial charge in [-0.2, -0.15) is 0 Å². The molecule has 16 heavy (non-hydrogen) atoms. The lowest BCUT2D eigenvalue weighted by Crippen LogP contribution is -2.30. The second-order valence-corrected chi connectivity index (χ2v) is 2.87. The Balaban J connectivity index is 2.95. The molecule has 86 valence electrons. The molecule has 0 fully saturated rings. The van der Waals surface area contributed by atoms with E-state index in [2.05, 4.69) is 5.10 Å². The van der Waals surface area contributed by atoms with Gasteiger partial charge in [0.25, 0.3) is 0 Å².